The molecular formula is C25H31N5O2. The van der Waals surface area contributed by atoms with Gasteiger partial charge >= 0.3 is 0 Å². The number of carbonyl (C=O) groups excluding carboxylic acids is 1. The van der Waals surface area contributed by atoms with E-state index in [4.69, 9.17) is 4.74 Å². The molecule has 0 spiro atoms. The second kappa shape index (κ2) is 8.64. The SMILES string of the molecule is Cc1ncc(-c2ccc3cnc(NC(=O)C4(N5CCOCC5)CCCCC4)cc3c2)n1C. The molecule has 0 unspecified atom stereocenters. The van der Waals surface area contributed by atoms with Gasteiger partial charge in [0.25, 0.3) is 0 Å². The van der Waals surface area contributed by atoms with E-state index in [1.165, 1.54) is 6.42 Å². The number of fused-ring (bicyclic) bond motifs is 1. The number of amides is 1. The number of nitrogens with one attached hydrogen (secondary N) is 1. The van der Waals surface area contributed by atoms with Crippen LogP contribution in [-0.2, 0) is 16.6 Å². The van der Waals surface area contributed by atoms with Gasteiger partial charge in [-0.1, -0.05) is 31.4 Å². The van der Waals surface area contributed by atoms with E-state index < -0.39 is 5.54 Å². The highest BCUT2D eigenvalue weighted by molar-refractivity contribution is 5.99. The number of ether oxygens (including phenoxy) is 1. The summed E-state index contributed by atoms with van der Waals surface area (Å²) in [7, 11) is 2.02. The fraction of sp³-hybridized carbons (Fsp3) is 0.480. The first-order valence-corrected chi connectivity index (χ1v) is 11.6. The average Bonchev–Trinajstić information content (AvgIpc) is 3.17. The number of pyridine rings is 1. The van der Waals surface area contributed by atoms with Gasteiger partial charge in [-0.2, -0.15) is 0 Å². The third-order valence-electron chi connectivity index (χ3n) is 7.20. The number of nitrogens with zero attached hydrogens (tertiary/aromatic N) is 4. The Balaban J connectivity index is 1.43. The maximum Gasteiger partial charge on any atom is 0.246 e. The van der Waals surface area contributed by atoms with Crippen molar-refractivity contribution in [2.45, 2.75) is 44.6 Å². The molecule has 3 aromatic rings. The number of hydrogen-bond acceptors (Lipinski definition) is 5. The first-order valence-electron chi connectivity index (χ1n) is 11.6. The molecule has 2 aromatic heterocycles. The molecule has 5 rings (SSSR count). The monoisotopic (exact) mass is 433 g/mol. The van der Waals surface area contributed by atoms with E-state index in [-0.39, 0.29) is 5.91 Å². The highest BCUT2D eigenvalue weighted by Gasteiger charge is 2.45. The normalized spacial score (nSPS) is 19.2. The van der Waals surface area contributed by atoms with Crippen LogP contribution in [0.5, 0.6) is 0 Å². The van der Waals surface area contributed by atoms with Crippen molar-refractivity contribution in [3.8, 4) is 11.3 Å². The highest BCUT2D eigenvalue weighted by atomic mass is 16.5. The summed E-state index contributed by atoms with van der Waals surface area (Å²) in [6.07, 6.45) is 8.91. The molecule has 2 fully saturated rings. The minimum absolute atomic E-state index is 0.0735. The summed E-state index contributed by atoms with van der Waals surface area (Å²) in [5.41, 5.74) is 1.72. The van der Waals surface area contributed by atoms with Crippen molar-refractivity contribution in [2.75, 3.05) is 31.6 Å². The van der Waals surface area contributed by atoms with E-state index in [9.17, 15) is 4.79 Å². The zero-order valence-electron chi connectivity index (χ0n) is 18.9. The van der Waals surface area contributed by atoms with Gasteiger partial charge in [-0.25, -0.2) is 9.97 Å². The van der Waals surface area contributed by atoms with Crippen molar-refractivity contribution >= 4 is 22.5 Å². The fourth-order valence-electron chi connectivity index (χ4n) is 5.19. The summed E-state index contributed by atoms with van der Waals surface area (Å²) < 4.78 is 7.63. The number of aromatic nitrogens is 3. The molecule has 1 saturated carbocycles. The number of morpholine rings is 1. The van der Waals surface area contributed by atoms with Gasteiger partial charge in [0.05, 0.1) is 25.1 Å². The Hall–Kier alpha value is -2.77. The average molecular weight is 434 g/mol. The van der Waals surface area contributed by atoms with Crippen LogP contribution in [0.15, 0.2) is 36.7 Å². The lowest BCUT2D eigenvalue weighted by Gasteiger charge is -2.46. The number of benzene rings is 1. The van der Waals surface area contributed by atoms with Crippen LogP contribution in [-0.4, -0.2) is 57.2 Å². The topological polar surface area (TPSA) is 72.3 Å². The second-order valence-electron chi connectivity index (χ2n) is 9.03. The lowest BCUT2D eigenvalue weighted by Crippen LogP contribution is -2.60. The van der Waals surface area contributed by atoms with Crippen molar-refractivity contribution in [2.24, 2.45) is 7.05 Å². The van der Waals surface area contributed by atoms with Crippen molar-refractivity contribution in [1.82, 2.24) is 19.4 Å². The lowest BCUT2D eigenvalue weighted by atomic mass is 9.79. The first-order chi connectivity index (χ1) is 15.6. The van der Waals surface area contributed by atoms with Gasteiger partial charge in [0, 0.05) is 37.3 Å². The fourth-order valence-corrected chi connectivity index (χ4v) is 5.19. The third-order valence-corrected chi connectivity index (χ3v) is 7.20. The van der Waals surface area contributed by atoms with E-state index in [0.29, 0.717) is 19.0 Å². The molecule has 7 heteroatoms. The summed E-state index contributed by atoms with van der Waals surface area (Å²) in [5, 5.41) is 5.27. The zero-order valence-corrected chi connectivity index (χ0v) is 18.9. The van der Waals surface area contributed by atoms with Crippen LogP contribution in [0.3, 0.4) is 0 Å². The van der Waals surface area contributed by atoms with Gasteiger partial charge in [-0.15, -0.1) is 0 Å². The Labute approximate surface area is 188 Å². The Morgan fingerprint density at radius 3 is 2.53 bits per heavy atom. The predicted octanol–water partition coefficient (Wildman–Crippen LogP) is 3.92. The van der Waals surface area contributed by atoms with Crippen LogP contribution in [0.4, 0.5) is 5.82 Å². The van der Waals surface area contributed by atoms with Crippen LogP contribution in [0.25, 0.3) is 22.0 Å². The van der Waals surface area contributed by atoms with Crippen LogP contribution in [0.2, 0.25) is 0 Å². The number of aryl methyl sites for hydroxylation is 1. The van der Waals surface area contributed by atoms with E-state index in [1.807, 2.05) is 32.4 Å². The summed E-state index contributed by atoms with van der Waals surface area (Å²) in [5.74, 6) is 1.66. The largest absolute Gasteiger partial charge is 0.379 e. The Morgan fingerprint density at radius 1 is 1.03 bits per heavy atom. The minimum Gasteiger partial charge on any atom is -0.379 e. The first kappa shape index (κ1) is 21.1. The number of imidazole rings is 1. The van der Waals surface area contributed by atoms with Crippen LogP contribution < -0.4 is 5.32 Å². The van der Waals surface area contributed by atoms with Crippen LogP contribution in [0, 0.1) is 6.92 Å². The molecule has 32 heavy (non-hydrogen) atoms. The molecule has 7 nitrogen and oxygen atoms in total. The summed E-state index contributed by atoms with van der Waals surface area (Å²) in [6.45, 7) is 5.01. The van der Waals surface area contributed by atoms with Crippen molar-refractivity contribution in [3.63, 3.8) is 0 Å². The number of carbonyl (C=O) groups is 1. The smallest absolute Gasteiger partial charge is 0.246 e. The standard InChI is InChI=1S/C25H31N5O2/c1-18-26-17-22(29(18)2)19-6-7-20-16-27-23(15-21(20)14-19)28-24(31)25(8-4-3-5-9-25)30-10-12-32-13-11-30/h6-7,14-17H,3-5,8-13H2,1-2H3,(H,27,28,31). The molecule has 1 aliphatic carbocycles. The van der Waals surface area contributed by atoms with Gasteiger partial charge < -0.3 is 14.6 Å². The maximum absolute atomic E-state index is 13.6. The summed E-state index contributed by atoms with van der Waals surface area (Å²) >= 11 is 0. The number of anilines is 1. The molecule has 1 N–H and O–H groups in total. The maximum atomic E-state index is 13.6. The third kappa shape index (κ3) is 3.80. The molecular weight excluding hydrogens is 402 g/mol. The van der Waals surface area contributed by atoms with Crippen LogP contribution >= 0.6 is 0 Å². The Bertz CT molecular complexity index is 1130. The van der Waals surface area contributed by atoms with Crippen molar-refractivity contribution < 1.29 is 9.53 Å². The number of hydrogen-bond donors (Lipinski definition) is 1. The van der Waals surface area contributed by atoms with E-state index >= 15 is 0 Å². The minimum atomic E-state index is -0.452. The molecule has 1 amide bonds. The lowest BCUT2D eigenvalue weighted by molar-refractivity contribution is -0.134. The molecule has 0 radical (unpaired) electrons. The zero-order chi connectivity index (χ0) is 22.1. The molecule has 1 saturated heterocycles. The van der Waals surface area contributed by atoms with Crippen LogP contribution in [0.1, 0.15) is 37.9 Å². The predicted molar refractivity (Wildman–Crippen MR) is 126 cm³/mol. The molecule has 3 heterocycles. The van der Waals surface area contributed by atoms with Gasteiger partial charge in [-0.05, 0) is 37.3 Å². The highest BCUT2D eigenvalue weighted by Crippen LogP contribution is 2.35. The van der Waals surface area contributed by atoms with Crippen molar-refractivity contribution in [1.29, 1.82) is 0 Å². The Morgan fingerprint density at radius 2 is 1.81 bits per heavy atom. The van der Waals surface area contributed by atoms with E-state index in [0.717, 1.165) is 66.6 Å². The second-order valence-corrected chi connectivity index (χ2v) is 9.03. The summed E-state index contributed by atoms with van der Waals surface area (Å²) in [6, 6.07) is 8.29. The molecule has 1 aromatic carbocycles. The Kier molecular flexibility index (Phi) is 5.69. The van der Waals surface area contributed by atoms with Gasteiger partial charge in [0.15, 0.2) is 0 Å². The van der Waals surface area contributed by atoms with Gasteiger partial charge in [0.2, 0.25) is 5.91 Å². The van der Waals surface area contributed by atoms with Gasteiger partial charge in [-0.3, -0.25) is 9.69 Å². The molecule has 1 aliphatic heterocycles. The van der Waals surface area contributed by atoms with E-state index in [2.05, 4.69) is 43.0 Å². The summed E-state index contributed by atoms with van der Waals surface area (Å²) in [4.78, 5) is 24.9. The molecule has 2 aliphatic rings. The van der Waals surface area contributed by atoms with E-state index in [1.54, 1.807) is 0 Å². The van der Waals surface area contributed by atoms with Crippen molar-refractivity contribution in [3.05, 3.63) is 42.5 Å². The van der Waals surface area contributed by atoms with Gasteiger partial charge in [0.1, 0.15) is 17.2 Å². The molecule has 0 bridgehead atoms. The molecule has 0 atom stereocenters. The molecule has 168 valence electrons. The number of rotatable bonds is 4. The quantitative estimate of drug-likeness (QED) is 0.675.